The van der Waals surface area contributed by atoms with Crippen LogP contribution >= 0.6 is 0 Å². The quantitative estimate of drug-likeness (QED) is 0.403. The molecule has 3 aromatic carbocycles. The minimum Gasteiger partial charge on any atom is -0.493 e. The van der Waals surface area contributed by atoms with Crippen molar-refractivity contribution in [3.63, 3.8) is 0 Å². The van der Waals surface area contributed by atoms with Gasteiger partial charge in [0, 0.05) is 10.9 Å². The van der Waals surface area contributed by atoms with E-state index in [2.05, 4.69) is 13.8 Å². The second-order valence-corrected chi connectivity index (χ2v) is 8.03. The van der Waals surface area contributed by atoms with E-state index in [0.29, 0.717) is 46.8 Å². The fourth-order valence-electron chi connectivity index (χ4n) is 3.51. The van der Waals surface area contributed by atoms with Gasteiger partial charge in [0.15, 0.2) is 0 Å². The molecule has 31 heavy (non-hydrogen) atoms. The van der Waals surface area contributed by atoms with Crippen molar-refractivity contribution in [2.75, 3.05) is 6.61 Å². The third-order valence-corrected chi connectivity index (χ3v) is 5.02. The Hall–Kier alpha value is -3.60. The molecule has 0 fully saturated rings. The van der Waals surface area contributed by atoms with Crippen molar-refractivity contribution in [3.8, 4) is 17.1 Å². The normalized spacial score (nSPS) is 11.2. The van der Waals surface area contributed by atoms with Crippen molar-refractivity contribution >= 4 is 16.9 Å². The van der Waals surface area contributed by atoms with Crippen molar-refractivity contribution < 1.29 is 18.3 Å². The molecule has 0 aliphatic rings. The third kappa shape index (κ3) is 4.61. The first-order valence-electron chi connectivity index (χ1n) is 10.2. The fraction of sp³-hybridized carbons (Fsp3) is 0.192. The Morgan fingerprint density at radius 3 is 2.32 bits per heavy atom. The molecule has 1 amide bonds. The van der Waals surface area contributed by atoms with Crippen LogP contribution in [0.2, 0.25) is 0 Å². The Labute approximate surface area is 180 Å². The topological polar surface area (TPSA) is 65.5 Å². The Balaban J connectivity index is 1.64. The molecule has 0 saturated carbocycles. The molecule has 0 saturated heterocycles. The number of amides is 1. The molecule has 4 nitrogen and oxygen atoms in total. The molecule has 1 heterocycles. The number of carbonyl (C=O) groups excluding carboxylic acids is 1. The van der Waals surface area contributed by atoms with Crippen LogP contribution in [0.25, 0.3) is 22.3 Å². The molecule has 0 aliphatic heterocycles. The molecule has 0 unspecified atom stereocenters. The van der Waals surface area contributed by atoms with Gasteiger partial charge in [-0.15, -0.1) is 0 Å². The van der Waals surface area contributed by atoms with E-state index in [1.807, 2.05) is 42.5 Å². The zero-order valence-electron chi connectivity index (χ0n) is 17.5. The summed E-state index contributed by atoms with van der Waals surface area (Å²) < 4.78 is 25.0. The van der Waals surface area contributed by atoms with E-state index in [1.165, 1.54) is 12.1 Å². The summed E-state index contributed by atoms with van der Waals surface area (Å²) in [6, 6.07) is 19.5. The molecule has 4 aromatic rings. The number of fused-ring (bicyclic) bond motifs is 1. The number of ether oxygens (including phenoxy) is 1. The Morgan fingerprint density at radius 2 is 1.68 bits per heavy atom. The van der Waals surface area contributed by atoms with Gasteiger partial charge >= 0.3 is 0 Å². The van der Waals surface area contributed by atoms with Crippen molar-refractivity contribution in [2.24, 2.45) is 11.7 Å². The fourth-order valence-corrected chi connectivity index (χ4v) is 3.51. The summed E-state index contributed by atoms with van der Waals surface area (Å²) in [6.07, 6.45) is 0.690. The molecule has 0 atom stereocenters. The van der Waals surface area contributed by atoms with Crippen molar-refractivity contribution in [1.29, 1.82) is 0 Å². The first kappa shape index (κ1) is 20.7. The zero-order chi connectivity index (χ0) is 22.0. The van der Waals surface area contributed by atoms with Gasteiger partial charge in [-0.2, -0.15) is 0 Å². The predicted octanol–water partition coefficient (Wildman–Crippen LogP) is 5.96. The van der Waals surface area contributed by atoms with Gasteiger partial charge in [-0.05, 0) is 72.0 Å². The van der Waals surface area contributed by atoms with E-state index in [1.54, 1.807) is 12.1 Å². The number of nitrogens with two attached hydrogens (primary N) is 1. The van der Waals surface area contributed by atoms with E-state index >= 15 is 0 Å². The molecule has 0 spiro atoms. The van der Waals surface area contributed by atoms with Crippen LogP contribution < -0.4 is 10.5 Å². The number of furan rings is 1. The van der Waals surface area contributed by atoms with Crippen LogP contribution in [-0.2, 0) is 6.42 Å². The van der Waals surface area contributed by atoms with Gasteiger partial charge in [-0.25, -0.2) is 4.39 Å². The Kier molecular flexibility index (Phi) is 5.76. The van der Waals surface area contributed by atoms with Crippen molar-refractivity contribution in [2.45, 2.75) is 20.3 Å². The zero-order valence-corrected chi connectivity index (χ0v) is 17.5. The van der Waals surface area contributed by atoms with Crippen LogP contribution in [0, 0.1) is 11.7 Å². The molecule has 5 heteroatoms. The summed E-state index contributed by atoms with van der Waals surface area (Å²) in [7, 11) is 0. The average molecular weight is 417 g/mol. The largest absolute Gasteiger partial charge is 0.493 e. The SMILES string of the molecule is CC(C)COc1ccc(Cc2ccc3oc(-c4ccc(F)cc4)c(C(N)=O)c3c2)cc1. The third-order valence-electron chi connectivity index (χ3n) is 5.02. The summed E-state index contributed by atoms with van der Waals surface area (Å²) >= 11 is 0. The number of rotatable bonds is 7. The molecular weight excluding hydrogens is 393 g/mol. The number of halogens is 1. The maximum Gasteiger partial charge on any atom is 0.253 e. The van der Waals surface area contributed by atoms with Crippen LogP contribution in [-0.4, -0.2) is 12.5 Å². The average Bonchev–Trinajstić information content (AvgIpc) is 3.13. The Bertz CT molecular complexity index is 1210. The molecule has 4 rings (SSSR count). The lowest BCUT2D eigenvalue weighted by molar-refractivity contribution is 0.100. The minimum absolute atomic E-state index is 0.306. The molecule has 2 N–H and O–H groups in total. The maximum atomic E-state index is 13.3. The molecular formula is C26H24FNO3. The summed E-state index contributed by atoms with van der Waals surface area (Å²) in [5.74, 6) is 0.736. The lowest BCUT2D eigenvalue weighted by atomic mass is 10.0. The number of benzene rings is 3. The van der Waals surface area contributed by atoms with Gasteiger partial charge in [-0.3, -0.25) is 4.79 Å². The van der Waals surface area contributed by atoms with E-state index in [-0.39, 0.29) is 5.82 Å². The van der Waals surface area contributed by atoms with Crippen LogP contribution in [0.15, 0.2) is 71.1 Å². The molecule has 1 aromatic heterocycles. The highest BCUT2D eigenvalue weighted by molar-refractivity contribution is 6.10. The van der Waals surface area contributed by atoms with Gasteiger partial charge in [0.25, 0.3) is 5.91 Å². The Morgan fingerprint density at radius 1 is 1.00 bits per heavy atom. The number of hydrogen-bond donors (Lipinski definition) is 1. The first-order valence-corrected chi connectivity index (χ1v) is 10.2. The minimum atomic E-state index is -0.582. The van der Waals surface area contributed by atoms with E-state index in [0.717, 1.165) is 16.9 Å². The molecule has 158 valence electrons. The second-order valence-electron chi connectivity index (χ2n) is 8.03. The molecule has 0 radical (unpaired) electrons. The highest BCUT2D eigenvalue weighted by Gasteiger charge is 2.20. The van der Waals surface area contributed by atoms with E-state index < -0.39 is 5.91 Å². The summed E-state index contributed by atoms with van der Waals surface area (Å²) in [6.45, 7) is 4.91. The monoisotopic (exact) mass is 417 g/mol. The van der Waals surface area contributed by atoms with Crippen molar-refractivity contribution in [3.05, 3.63) is 89.2 Å². The van der Waals surface area contributed by atoms with Gasteiger partial charge in [0.05, 0.1) is 12.2 Å². The number of carbonyl (C=O) groups is 1. The number of primary amides is 1. The summed E-state index contributed by atoms with van der Waals surface area (Å²) in [5.41, 5.74) is 9.30. The second kappa shape index (κ2) is 8.64. The maximum absolute atomic E-state index is 13.3. The molecule has 0 bridgehead atoms. The van der Waals surface area contributed by atoms with Crippen LogP contribution in [0.1, 0.15) is 35.3 Å². The van der Waals surface area contributed by atoms with Gasteiger partial charge in [-0.1, -0.05) is 32.0 Å². The van der Waals surface area contributed by atoms with Gasteiger partial charge in [0.2, 0.25) is 0 Å². The standard InChI is InChI=1S/C26H24FNO3/c1-16(2)15-30-21-10-3-17(4-11-21)13-18-5-12-23-22(14-18)24(26(28)29)25(31-23)19-6-8-20(27)9-7-19/h3-12,14,16H,13,15H2,1-2H3,(H2,28,29). The predicted molar refractivity (Wildman–Crippen MR) is 120 cm³/mol. The van der Waals surface area contributed by atoms with E-state index in [4.69, 9.17) is 14.9 Å². The smallest absolute Gasteiger partial charge is 0.253 e. The van der Waals surface area contributed by atoms with Crippen LogP contribution in [0.5, 0.6) is 5.75 Å². The van der Waals surface area contributed by atoms with Gasteiger partial charge in [0.1, 0.15) is 22.9 Å². The lowest BCUT2D eigenvalue weighted by Crippen LogP contribution is -2.11. The highest BCUT2D eigenvalue weighted by atomic mass is 19.1. The lowest BCUT2D eigenvalue weighted by Gasteiger charge is -2.09. The van der Waals surface area contributed by atoms with Crippen LogP contribution in [0.4, 0.5) is 4.39 Å². The van der Waals surface area contributed by atoms with Gasteiger partial charge < -0.3 is 14.9 Å². The van der Waals surface area contributed by atoms with Crippen LogP contribution in [0.3, 0.4) is 0 Å². The summed E-state index contributed by atoms with van der Waals surface area (Å²) in [4.78, 5) is 12.2. The molecule has 0 aliphatic carbocycles. The number of hydrogen-bond acceptors (Lipinski definition) is 3. The first-order chi connectivity index (χ1) is 14.9. The van der Waals surface area contributed by atoms with E-state index in [9.17, 15) is 9.18 Å². The summed E-state index contributed by atoms with van der Waals surface area (Å²) in [5, 5.41) is 0.654. The highest BCUT2D eigenvalue weighted by Crippen LogP contribution is 2.34. The van der Waals surface area contributed by atoms with Crippen molar-refractivity contribution in [1.82, 2.24) is 0 Å².